The average Bonchev–Trinajstić information content (AvgIpc) is 2.45. The van der Waals surface area contributed by atoms with Crippen LogP contribution < -0.4 is 11.4 Å². The SMILES string of the molecule is Nc1cccc(-c2[nH]c(=O)[nH]c2Br)c1. The fourth-order valence-electron chi connectivity index (χ4n) is 1.25. The summed E-state index contributed by atoms with van der Waals surface area (Å²) in [4.78, 5) is 16.3. The molecule has 2 rings (SSSR count). The van der Waals surface area contributed by atoms with Crippen molar-refractivity contribution in [2.45, 2.75) is 0 Å². The van der Waals surface area contributed by atoms with E-state index in [0.717, 1.165) is 5.56 Å². The summed E-state index contributed by atoms with van der Waals surface area (Å²) in [6.07, 6.45) is 0. The monoisotopic (exact) mass is 253 g/mol. The van der Waals surface area contributed by atoms with Crippen LogP contribution in [0.1, 0.15) is 0 Å². The van der Waals surface area contributed by atoms with E-state index in [-0.39, 0.29) is 5.69 Å². The van der Waals surface area contributed by atoms with Crippen LogP contribution in [-0.2, 0) is 0 Å². The predicted octanol–water partition coefficient (Wildman–Crippen LogP) is 1.71. The minimum atomic E-state index is -0.241. The van der Waals surface area contributed by atoms with Crippen molar-refractivity contribution >= 4 is 21.6 Å². The van der Waals surface area contributed by atoms with E-state index in [4.69, 9.17) is 5.73 Å². The predicted molar refractivity (Wildman–Crippen MR) is 59.0 cm³/mol. The van der Waals surface area contributed by atoms with Gasteiger partial charge in [0, 0.05) is 11.3 Å². The van der Waals surface area contributed by atoms with Gasteiger partial charge in [-0.1, -0.05) is 12.1 Å². The van der Waals surface area contributed by atoms with Crippen LogP contribution in [0, 0.1) is 0 Å². The second-order valence-corrected chi connectivity index (χ2v) is 3.69. The van der Waals surface area contributed by atoms with E-state index in [0.29, 0.717) is 16.0 Å². The number of hydrogen-bond donors (Lipinski definition) is 3. The lowest BCUT2D eigenvalue weighted by Gasteiger charge is -1.99. The molecule has 1 aromatic heterocycles. The molecule has 72 valence electrons. The molecule has 0 fully saturated rings. The van der Waals surface area contributed by atoms with E-state index in [2.05, 4.69) is 25.9 Å². The van der Waals surface area contributed by atoms with Gasteiger partial charge in [0.15, 0.2) is 0 Å². The van der Waals surface area contributed by atoms with E-state index >= 15 is 0 Å². The Morgan fingerprint density at radius 1 is 1.29 bits per heavy atom. The highest BCUT2D eigenvalue weighted by molar-refractivity contribution is 9.10. The first-order valence-electron chi connectivity index (χ1n) is 4.00. The van der Waals surface area contributed by atoms with Crippen molar-refractivity contribution < 1.29 is 0 Å². The summed E-state index contributed by atoms with van der Waals surface area (Å²) < 4.78 is 0.633. The Balaban J connectivity index is 2.59. The molecule has 0 amide bonds. The van der Waals surface area contributed by atoms with Crippen LogP contribution in [0.5, 0.6) is 0 Å². The van der Waals surface area contributed by atoms with E-state index in [9.17, 15) is 4.79 Å². The minimum Gasteiger partial charge on any atom is -0.399 e. The standard InChI is InChI=1S/C9H8BrN3O/c10-8-7(12-9(14)13-8)5-2-1-3-6(11)4-5/h1-4H,11H2,(H2,12,13,14). The molecule has 4 N–H and O–H groups in total. The van der Waals surface area contributed by atoms with Crippen molar-refractivity contribution in [2.75, 3.05) is 5.73 Å². The van der Waals surface area contributed by atoms with Gasteiger partial charge in [0.25, 0.3) is 0 Å². The zero-order chi connectivity index (χ0) is 10.1. The Labute approximate surface area is 88.3 Å². The third-order valence-corrected chi connectivity index (χ3v) is 2.45. The van der Waals surface area contributed by atoms with Crippen LogP contribution in [0.25, 0.3) is 11.3 Å². The van der Waals surface area contributed by atoms with Gasteiger partial charge in [0.2, 0.25) is 0 Å². The first kappa shape index (κ1) is 9.08. The van der Waals surface area contributed by atoms with Gasteiger partial charge in [-0.25, -0.2) is 4.79 Å². The van der Waals surface area contributed by atoms with Gasteiger partial charge in [0.1, 0.15) is 4.60 Å². The number of anilines is 1. The lowest BCUT2D eigenvalue weighted by atomic mass is 10.1. The Morgan fingerprint density at radius 2 is 2.07 bits per heavy atom. The summed E-state index contributed by atoms with van der Waals surface area (Å²) >= 11 is 3.25. The molecule has 0 spiro atoms. The molecule has 0 saturated carbocycles. The summed E-state index contributed by atoms with van der Waals surface area (Å²) in [7, 11) is 0. The van der Waals surface area contributed by atoms with Gasteiger partial charge < -0.3 is 10.7 Å². The average molecular weight is 254 g/mol. The van der Waals surface area contributed by atoms with E-state index in [1.54, 1.807) is 12.1 Å². The number of rotatable bonds is 1. The highest BCUT2D eigenvalue weighted by Crippen LogP contribution is 2.24. The molecule has 5 heteroatoms. The molecule has 0 bridgehead atoms. The Morgan fingerprint density at radius 3 is 2.64 bits per heavy atom. The summed E-state index contributed by atoms with van der Waals surface area (Å²) in [5.74, 6) is 0. The molecule has 14 heavy (non-hydrogen) atoms. The number of hydrogen-bond acceptors (Lipinski definition) is 2. The third kappa shape index (κ3) is 1.58. The number of imidazole rings is 1. The molecule has 0 aliphatic rings. The molecule has 0 aliphatic carbocycles. The maximum atomic E-state index is 11.0. The van der Waals surface area contributed by atoms with Crippen molar-refractivity contribution in [3.63, 3.8) is 0 Å². The smallest absolute Gasteiger partial charge is 0.324 e. The van der Waals surface area contributed by atoms with Gasteiger partial charge in [-0.05, 0) is 28.1 Å². The van der Waals surface area contributed by atoms with Crippen LogP contribution in [0.15, 0.2) is 33.7 Å². The van der Waals surface area contributed by atoms with Crippen molar-refractivity contribution in [3.05, 3.63) is 39.4 Å². The van der Waals surface area contributed by atoms with Gasteiger partial charge in [-0.2, -0.15) is 0 Å². The number of nitrogens with two attached hydrogens (primary N) is 1. The summed E-state index contributed by atoms with van der Waals surface area (Å²) in [6.45, 7) is 0. The molecule has 0 saturated heterocycles. The maximum Gasteiger partial charge on any atom is 0.324 e. The van der Waals surface area contributed by atoms with E-state index in [1.807, 2.05) is 12.1 Å². The minimum absolute atomic E-state index is 0.241. The number of nitrogen functional groups attached to an aromatic ring is 1. The molecule has 0 atom stereocenters. The highest BCUT2D eigenvalue weighted by atomic mass is 79.9. The molecular weight excluding hydrogens is 246 g/mol. The number of nitrogens with one attached hydrogen (secondary N) is 2. The molecular formula is C9H8BrN3O. The Kier molecular flexibility index (Phi) is 2.17. The summed E-state index contributed by atoms with van der Waals surface area (Å²) in [6, 6.07) is 7.30. The van der Waals surface area contributed by atoms with Crippen molar-refractivity contribution in [1.29, 1.82) is 0 Å². The molecule has 4 nitrogen and oxygen atoms in total. The van der Waals surface area contributed by atoms with E-state index < -0.39 is 0 Å². The van der Waals surface area contributed by atoms with Gasteiger partial charge in [-0.3, -0.25) is 4.98 Å². The second kappa shape index (κ2) is 3.34. The summed E-state index contributed by atoms with van der Waals surface area (Å²) in [5.41, 5.74) is 7.64. The molecule has 1 heterocycles. The first-order chi connectivity index (χ1) is 6.66. The number of aromatic nitrogens is 2. The normalized spacial score (nSPS) is 10.4. The number of aromatic amines is 2. The fourth-order valence-corrected chi connectivity index (χ4v) is 1.76. The largest absolute Gasteiger partial charge is 0.399 e. The molecule has 2 aromatic rings. The quantitative estimate of drug-likeness (QED) is 0.677. The zero-order valence-corrected chi connectivity index (χ0v) is 8.76. The Hall–Kier alpha value is -1.49. The van der Waals surface area contributed by atoms with Crippen LogP contribution in [-0.4, -0.2) is 9.97 Å². The van der Waals surface area contributed by atoms with Crippen molar-refractivity contribution in [3.8, 4) is 11.3 Å². The van der Waals surface area contributed by atoms with Crippen LogP contribution >= 0.6 is 15.9 Å². The topological polar surface area (TPSA) is 74.7 Å². The zero-order valence-electron chi connectivity index (χ0n) is 7.17. The number of benzene rings is 1. The van der Waals surface area contributed by atoms with Crippen molar-refractivity contribution in [2.24, 2.45) is 0 Å². The number of halogens is 1. The third-order valence-electron chi connectivity index (χ3n) is 1.86. The van der Waals surface area contributed by atoms with E-state index in [1.165, 1.54) is 0 Å². The second-order valence-electron chi connectivity index (χ2n) is 2.89. The van der Waals surface area contributed by atoms with Crippen LogP contribution in [0.3, 0.4) is 0 Å². The lowest BCUT2D eigenvalue weighted by Crippen LogP contribution is -2.00. The van der Waals surface area contributed by atoms with Gasteiger partial charge in [-0.15, -0.1) is 0 Å². The highest BCUT2D eigenvalue weighted by Gasteiger charge is 2.06. The fraction of sp³-hybridized carbons (Fsp3) is 0. The molecule has 1 aromatic carbocycles. The first-order valence-corrected chi connectivity index (χ1v) is 4.80. The lowest BCUT2D eigenvalue weighted by molar-refractivity contribution is 1.18. The summed E-state index contributed by atoms with van der Waals surface area (Å²) in [5, 5.41) is 0. The van der Waals surface area contributed by atoms with Gasteiger partial charge >= 0.3 is 5.69 Å². The van der Waals surface area contributed by atoms with Crippen LogP contribution in [0.2, 0.25) is 0 Å². The Bertz CT molecular complexity index is 515. The maximum absolute atomic E-state index is 11.0. The molecule has 0 aliphatic heterocycles. The van der Waals surface area contributed by atoms with Gasteiger partial charge in [0.05, 0.1) is 5.69 Å². The molecule has 0 radical (unpaired) electrons. The van der Waals surface area contributed by atoms with Crippen LogP contribution in [0.4, 0.5) is 5.69 Å². The molecule has 0 unspecified atom stereocenters. The van der Waals surface area contributed by atoms with Crippen molar-refractivity contribution in [1.82, 2.24) is 9.97 Å². The number of H-pyrrole nitrogens is 2.